The molecule has 0 saturated heterocycles. The second kappa shape index (κ2) is 6.46. The zero-order chi connectivity index (χ0) is 13.7. The van der Waals surface area contributed by atoms with Gasteiger partial charge in [-0.15, -0.1) is 11.3 Å². The van der Waals surface area contributed by atoms with Gasteiger partial charge in [-0.1, -0.05) is 13.8 Å². The fourth-order valence-electron chi connectivity index (χ4n) is 1.24. The number of amides is 1. The second-order valence-electron chi connectivity index (χ2n) is 4.20. The van der Waals surface area contributed by atoms with E-state index in [0.717, 1.165) is 0 Å². The van der Waals surface area contributed by atoms with Gasteiger partial charge in [0.2, 0.25) is 5.91 Å². The minimum atomic E-state index is -1.06. The van der Waals surface area contributed by atoms with Crippen LogP contribution in [-0.2, 0) is 4.79 Å². The maximum atomic E-state index is 11.6. The average molecular weight is 271 g/mol. The Morgan fingerprint density at radius 1 is 1.44 bits per heavy atom. The Morgan fingerprint density at radius 2 is 2.11 bits per heavy atom. The van der Waals surface area contributed by atoms with Crippen molar-refractivity contribution in [3.05, 3.63) is 16.1 Å². The number of nitrogens with one attached hydrogen (secondary N) is 2. The van der Waals surface area contributed by atoms with E-state index in [2.05, 4.69) is 15.6 Å². The van der Waals surface area contributed by atoms with Crippen LogP contribution in [0.3, 0.4) is 0 Å². The van der Waals surface area contributed by atoms with Gasteiger partial charge in [-0.3, -0.25) is 4.79 Å². The predicted octanol–water partition coefficient (Wildman–Crippen LogP) is 1.02. The van der Waals surface area contributed by atoms with Crippen molar-refractivity contribution in [1.82, 2.24) is 15.6 Å². The minimum absolute atomic E-state index is 0.0106. The van der Waals surface area contributed by atoms with Gasteiger partial charge in [0, 0.05) is 11.4 Å². The number of carboxylic acids is 1. The highest BCUT2D eigenvalue weighted by Gasteiger charge is 2.15. The van der Waals surface area contributed by atoms with Crippen LogP contribution in [0.4, 0.5) is 0 Å². The molecule has 1 unspecified atom stereocenters. The van der Waals surface area contributed by atoms with Crippen LogP contribution in [0.2, 0.25) is 0 Å². The van der Waals surface area contributed by atoms with Crippen LogP contribution < -0.4 is 10.6 Å². The number of aromatic carboxylic acids is 1. The van der Waals surface area contributed by atoms with Crippen LogP contribution in [0, 0.1) is 0 Å². The first kappa shape index (κ1) is 14.6. The van der Waals surface area contributed by atoms with Gasteiger partial charge in [0.05, 0.1) is 12.6 Å². The van der Waals surface area contributed by atoms with Crippen LogP contribution in [0.15, 0.2) is 5.38 Å². The molecule has 6 nitrogen and oxygen atoms in total. The highest BCUT2D eigenvalue weighted by molar-refractivity contribution is 7.09. The van der Waals surface area contributed by atoms with Gasteiger partial charge in [0.15, 0.2) is 5.69 Å². The van der Waals surface area contributed by atoms with E-state index in [9.17, 15) is 9.59 Å². The summed E-state index contributed by atoms with van der Waals surface area (Å²) in [6.07, 6.45) is 0. The van der Waals surface area contributed by atoms with Crippen LogP contribution in [0.5, 0.6) is 0 Å². The third-order valence-electron chi connectivity index (χ3n) is 2.16. The third kappa shape index (κ3) is 4.42. The lowest BCUT2D eigenvalue weighted by molar-refractivity contribution is -0.121. The fourth-order valence-corrected chi connectivity index (χ4v) is 2.04. The van der Waals surface area contributed by atoms with Crippen molar-refractivity contribution in [2.45, 2.75) is 32.9 Å². The number of hydrogen-bond donors (Lipinski definition) is 3. The number of aromatic nitrogens is 1. The Morgan fingerprint density at radius 3 is 2.61 bits per heavy atom. The Labute approximate surface area is 109 Å². The smallest absolute Gasteiger partial charge is 0.355 e. The zero-order valence-corrected chi connectivity index (χ0v) is 11.4. The molecule has 0 aromatic carbocycles. The zero-order valence-electron chi connectivity index (χ0n) is 10.6. The van der Waals surface area contributed by atoms with E-state index in [-0.39, 0.29) is 30.2 Å². The van der Waals surface area contributed by atoms with Crippen LogP contribution in [-0.4, -0.2) is 34.6 Å². The predicted molar refractivity (Wildman–Crippen MR) is 68.8 cm³/mol. The maximum absolute atomic E-state index is 11.6. The number of hydrogen-bond acceptors (Lipinski definition) is 5. The van der Waals surface area contributed by atoms with E-state index in [1.807, 2.05) is 13.8 Å². The van der Waals surface area contributed by atoms with Gasteiger partial charge in [0.1, 0.15) is 5.01 Å². The molecule has 1 aromatic rings. The molecule has 7 heteroatoms. The summed E-state index contributed by atoms with van der Waals surface area (Å²) in [5.74, 6) is -1.19. The summed E-state index contributed by atoms with van der Waals surface area (Å²) < 4.78 is 0. The van der Waals surface area contributed by atoms with Gasteiger partial charge in [-0.2, -0.15) is 0 Å². The number of carbonyl (C=O) groups excluding carboxylic acids is 1. The lowest BCUT2D eigenvalue weighted by atomic mass is 10.3. The van der Waals surface area contributed by atoms with E-state index in [1.54, 1.807) is 6.92 Å². The van der Waals surface area contributed by atoms with E-state index in [4.69, 9.17) is 5.11 Å². The van der Waals surface area contributed by atoms with Crippen molar-refractivity contribution >= 4 is 23.2 Å². The molecular weight excluding hydrogens is 254 g/mol. The lowest BCUT2D eigenvalue weighted by Gasteiger charge is -2.12. The molecule has 1 aromatic heterocycles. The van der Waals surface area contributed by atoms with Gasteiger partial charge in [-0.05, 0) is 6.92 Å². The molecule has 0 aliphatic rings. The van der Waals surface area contributed by atoms with Crippen LogP contribution in [0.25, 0.3) is 0 Å². The Kier molecular flexibility index (Phi) is 5.24. The van der Waals surface area contributed by atoms with Crippen molar-refractivity contribution in [2.75, 3.05) is 6.54 Å². The quantitative estimate of drug-likeness (QED) is 0.718. The molecule has 3 N–H and O–H groups in total. The topological polar surface area (TPSA) is 91.3 Å². The number of thiazole rings is 1. The molecule has 0 spiro atoms. The molecule has 18 heavy (non-hydrogen) atoms. The number of carboxylic acid groups (broad SMARTS) is 1. The van der Waals surface area contributed by atoms with E-state index in [1.165, 1.54) is 16.7 Å². The maximum Gasteiger partial charge on any atom is 0.355 e. The Balaban J connectivity index is 2.51. The van der Waals surface area contributed by atoms with E-state index < -0.39 is 5.97 Å². The minimum Gasteiger partial charge on any atom is -0.476 e. The largest absolute Gasteiger partial charge is 0.476 e. The standard InChI is InChI=1S/C11H17N3O3S/c1-6(2)12-4-9(15)13-7(3)10-14-8(5-18-10)11(16)17/h5-7,12H,4H2,1-3H3,(H,13,15)(H,16,17). The van der Waals surface area contributed by atoms with E-state index >= 15 is 0 Å². The van der Waals surface area contributed by atoms with E-state index in [0.29, 0.717) is 5.01 Å². The number of rotatable bonds is 6. The van der Waals surface area contributed by atoms with Crippen molar-refractivity contribution in [3.63, 3.8) is 0 Å². The molecule has 0 bridgehead atoms. The van der Waals surface area contributed by atoms with Crippen LogP contribution >= 0.6 is 11.3 Å². The van der Waals surface area contributed by atoms with Crippen molar-refractivity contribution in [2.24, 2.45) is 0 Å². The molecule has 1 heterocycles. The molecule has 0 aliphatic heterocycles. The molecule has 1 rings (SSSR count). The highest BCUT2D eigenvalue weighted by Crippen LogP contribution is 2.17. The summed E-state index contributed by atoms with van der Waals surface area (Å²) >= 11 is 1.23. The highest BCUT2D eigenvalue weighted by atomic mass is 32.1. The molecule has 0 saturated carbocycles. The van der Waals surface area contributed by atoms with Crippen molar-refractivity contribution in [1.29, 1.82) is 0 Å². The Hall–Kier alpha value is -1.47. The number of carbonyl (C=O) groups is 2. The van der Waals surface area contributed by atoms with Gasteiger partial charge in [-0.25, -0.2) is 9.78 Å². The first-order valence-corrected chi connectivity index (χ1v) is 6.49. The molecule has 100 valence electrons. The summed E-state index contributed by atoms with van der Waals surface area (Å²) in [5.41, 5.74) is 0.0106. The van der Waals surface area contributed by atoms with Gasteiger partial charge < -0.3 is 15.7 Å². The lowest BCUT2D eigenvalue weighted by Crippen LogP contribution is -2.37. The van der Waals surface area contributed by atoms with Gasteiger partial charge in [0.25, 0.3) is 0 Å². The fraction of sp³-hybridized carbons (Fsp3) is 0.545. The molecule has 0 aliphatic carbocycles. The summed E-state index contributed by atoms with van der Waals surface area (Å²) in [5, 5.41) is 16.6. The average Bonchev–Trinajstić information content (AvgIpc) is 2.75. The normalized spacial score (nSPS) is 12.4. The summed E-state index contributed by atoms with van der Waals surface area (Å²) in [4.78, 5) is 26.2. The first-order chi connectivity index (χ1) is 8.40. The van der Waals surface area contributed by atoms with Gasteiger partial charge >= 0.3 is 5.97 Å². The molecule has 0 fully saturated rings. The molecule has 0 radical (unpaired) electrons. The third-order valence-corrected chi connectivity index (χ3v) is 3.19. The first-order valence-electron chi connectivity index (χ1n) is 5.61. The summed E-state index contributed by atoms with van der Waals surface area (Å²) in [6.45, 7) is 5.92. The summed E-state index contributed by atoms with van der Waals surface area (Å²) in [6, 6.07) is -0.0471. The molecule has 1 atom stereocenters. The second-order valence-corrected chi connectivity index (χ2v) is 5.09. The molecule has 1 amide bonds. The van der Waals surface area contributed by atoms with Crippen LogP contribution in [0.1, 0.15) is 42.3 Å². The molecular formula is C11H17N3O3S. The summed E-state index contributed by atoms with van der Waals surface area (Å²) in [7, 11) is 0. The monoisotopic (exact) mass is 271 g/mol. The SMILES string of the molecule is CC(C)NCC(=O)NC(C)c1nc(C(=O)O)cs1. The van der Waals surface area contributed by atoms with Crippen molar-refractivity contribution < 1.29 is 14.7 Å². The number of nitrogens with zero attached hydrogens (tertiary/aromatic N) is 1. The Bertz CT molecular complexity index is 431. The van der Waals surface area contributed by atoms with Crippen molar-refractivity contribution in [3.8, 4) is 0 Å².